The molecular formula is C23H25N5O. The van der Waals surface area contributed by atoms with Crippen molar-refractivity contribution < 1.29 is 4.52 Å². The molecule has 2 aromatic carbocycles. The Bertz CT molecular complexity index is 1170. The Hall–Kier alpha value is -2.99. The fraction of sp³-hybridized carbons (Fsp3) is 0.348. The minimum atomic E-state index is 0.134. The van der Waals surface area contributed by atoms with Crippen molar-refractivity contribution in [2.75, 3.05) is 0 Å². The van der Waals surface area contributed by atoms with Gasteiger partial charge >= 0.3 is 0 Å². The van der Waals surface area contributed by atoms with Crippen molar-refractivity contribution in [3.05, 3.63) is 65.2 Å². The molecule has 2 heterocycles. The Labute approximate surface area is 169 Å². The van der Waals surface area contributed by atoms with Gasteiger partial charge in [-0.05, 0) is 54.7 Å². The van der Waals surface area contributed by atoms with Crippen LogP contribution in [0.15, 0.2) is 47.0 Å². The highest BCUT2D eigenvalue weighted by molar-refractivity contribution is 5.76. The van der Waals surface area contributed by atoms with E-state index in [1.54, 1.807) is 0 Å². The van der Waals surface area contributed by atoms with Gasteiger partial charge in [0.05, 0.1) is 17.6 Å². The minimum Gasteiger partial charge on any atom is -0.334 e. The van der Waals surface area contributed by atoms with Gasteiger partial charge in [-0.15, -0.1) is 0 Å². The summed E-state index contributed by atoms with van der Waals surface area (Å²) < 4.78 is 7.78. The van der Waals surface area contributed by atoms with Crippen molar-refractivity contribution >= 4 is 11.0 Å². The largest absolute Gasteiger partial charge is 0.334 e. The van der Waals surface area contributed by atoms with Gasteiger partial charge in [-0.1, -0.05) is 37.2 Å². The lowest BCUT2D eigenvalue weighted by Gasteiger charge is -2.22. The van der Waals surface area contributed by atoms with E-state index < -0.39 is 0 Å². The molecule has 1 aliphatic carbocycles. The standard InChI is InChI=1S/C23H25N5O/c1-14(2)22-25-19-8-3-4-9-20(19)28(22)13-21-26-23(29-27-21)16-10-11-17-15(12-16)6-5-7-18(17)24/h3-4,8-12,14,18H,5-7,13,24H2,1-2H3/t18-/m1/s1. The quantitative estimate of drug-likeness (QED) is 0.553. The van der Waals surface area contributed by atoms with Gasteiger partial charge in [-0.25, -0.2) is 4.98 Å². The van der Waals surface area contributed by atoms with Crippen LogP contribution in [0.2, 0.25) is 0 Å². The number of para-hydroxylation sites is 2. The number of imidazole rings is 1. The summed E-state index contributed by atoms with van der Waals surface area (Å²) in [6, 6.07) is 14.6. The van der Waals surface area contributed by atoms with Crippen molar-refractivity contribution in [3.8, 4) is 11.5 Å². The fourth-order valence-corrected chi connectivity index (χ4v) is 4.26. The Morgan fingerprint density at radius 1 is 1.17 bits per heavy atom. The first-order valence-electron chi connectivity index (χ1n) is 10.3. The predicted octanol–water partition coefficient (Wildman–Crippen LogP) is 4.59. The maximum absolute atomic E-state index is 6.24. The van der Waals surface area contributed by atoms with E-state index in [1.807, 2.05) is 24.3 Å². The normalized spacial score (nSPS) is 16.5. The second kappa shape index (κ2) is 7.12. The van der Waals surface area contributed by atoms with Crippen LogP contribution in [-0.2, 0) is 13.0 Å². The van der Waals surface area contributed by atoms with Crippen LogP contribution in [0.4, 0.5) is 0 Å². The molecular weight excluding hydrogens is 362 g/mol. The molecule has 0 amide bonds. The van der Waals surface area contributed by atoms with Gasteiger partial charge in [-0.3, -0.25) is 0 Å². The van der Waals surface area contributed by atoms with Gasteiger partial charge in [0.25, 0.3) is 5.89 Å². The van der Waals surface area contributed by atoms with E-state index in [4.69, 9.17) is 15.2 Å². The third kappa shape index (κ3) is 3.23. The molecule has 2 N–H and O–H groups in total. The molecule has 1 atom stereocenters. The Kier molecular flexibility index (Phi) is 4.43. The van der Waals surface area contributed by atoms with Crippen molar-refractivity contribution in [3.63, 3.8) is 0 Å². The Morgan fingerprint density at radius 3 is 2.90 bits per heavy atom. The summed E-state index contributed by atoms with van der Waals surface area (Å²) in [5.41, 5.74) is 11.8. The highest BCUT2D eigenvalue weighted by atomic mass is 16.5. The second-order valence-electron chi connectivity index (χ2n) is 8.13. The predicted molar refractivity (Wildman–Crippen MR) is 113 cm³/mol. The third-order valence-electron chi connectivity index (χ3n) is 5.72. The van der Waals surface area contributed by atoms with Crippen molar-refractivity contribution in [1.29, 1.82) is 0 Å². The van der Waals surface area contributed by atoms with Crippen LogP contribution in [0, 0.1) is 0 Å². The van der Waals surface area contributed by atoms with E-state index in [-0.39, 0.29) is 6.04 Å². The molecule has 0 radical (unpaired) electrons. The first-order chi connectivity index (χ1) is 14.1. The van der Waals surface area contributed by atoms with Gasteiger partial charge in [0.1, 0.15) is 5.82 Å². The van der Waals surface area contributed by atoms with Gasteiger partial charge < -0.3 is 14.8 Å². The van der Waals surface area contributed by atoms with Crippen molar-refractivity contribution in [2.24, 2.45) is 5.73 Å². The maximum Gasteiger partial charge on any atom is 0.257 e. The van der Waals surface area contributed by atoms with Gasteiger partial charge in [-0.2, -0.15) is 4.98 Å². The summed E-state index contributed by atoms with van der Waals surface area (Å²) in [5, 5.41) is 4.24. The van der Waals surface area contributed by atoms with Crippen LogP contribution in [0.5, 0.6) is 0 Å². The highest BCUT2D eigenvalue weighted by Gasteiger charge is 2.20. The molecule has 6 nitrogen and oxygen atoms in total. The van der Waals surface area contributed by atoms with Gasteiger partial charge in [0.2, 0.25) is 0 Å². The Morgan fingerprint density at radius 2 is 2.03 bits per heavy atom. The van der Waals surface area contributed by atoms with E-state index in [1.165, 1.54) is 11.1 Å². The molecule has 0 aliphatic heterocycles. The number of benzene rings is 2. The summed E-state index contributed by atoms with van der Waals surface area (Å²) in [5.74, 6) is 2.54. The number of hydrogen-bond acceptors (Lipinski definition) is 5. The topological polar surface area (TPSA) is 82.8 Å². The average Bonchev–Trinajstić information content (AvgIpc) is 3.34. The Balaban J connectivity index is 1.47. The zero-order valence-electron chi connectivity index (χ0n) is 16.8. The van der Waals surface area contributed by atoms with Crippen LogP contribution in [0.3, 0.4) is 0 Å². The van der Waals surface area contributed by atoms with Crippen LogP contribution in [-0.4, -0.2) is 19.7 Å². The number of aryl methyl sites for hydroxylation is 1. The second-order valence-corrected chi connectivity index (χ2v) is 8.13. The molecule has 4 aromatic rings. The first kappa shape index (κ1) is 18.1. The van der Waals surface area contributed by atoms with E-state index in [0.717, 1.165) is 41.7 Å². The number of aromatic nitrogens is 4. The molecule has 0 fully saturated rings. The molecule has 0 unspecified atom stereocenters. The van der Waals surface area contributed by atoms with Crippen molar-refractivity contribution in [2.45, 2.75) is 51.6 Å². The lowest BCUT2D eigenvalue weighted by Crippen LogP contribution is -2.17. The summed E-state index contributed by atoms with van der Waals surface area (Å²) in [7, 11) is 0. The minimum absolute atomic E-state index is 0.134. The highest BCUT2D eigenvalue weighted by Crippen LogP contribution is 2.31. The molecule has 0 saturated carbocycles. The van der Waals surface area contributed by atoms with Gasteiger partial charge in [0, 0.05) is 17.5 Å². The van der Waals surface area contributed by atoms with Crippen LogP contribution in [0.1, 0.15) is 61.4 Å². The summed E-state index contributed by atoms with van der Waals surface area (Å²) in [4.78, 5) is 9.47. The zero-order valence-corrected chi connectivity index (χ0v) is 16.8. The maximum atomic E-state index is 6.24. The number of rotatable bonds is 4. The van der Waals surface area contributed by atoms with Gasteiger partial charge in [0.15, 0.2) is 5.82 Å². The monoisotopic (exact) mass is 387 g/mol. The van der Waals surface area contributed by atoms with Crippen LogP contribution in [0.25, 0.3) is 22.5 Å². The van der Waals surface area contributed by atoms with Crippen molar-refractivity contribution in [1.82, 2.24) is 19.7 Å². The van der Waals surface area contributed by atoms with E-state index in [2.05, 4.69) is 46.8 Å². The number of hydrogen-bond donors (Lipinski definition) is 1. The van der Waals surface area contributed by atoms with Crippen LogP contribution < -0.4 is 5.73 Å². The zero-order chi connectivity index (χ0) is 20.0. The smallest absolute Gasteiger partial charge is 0.257 e. The summed E-state index contributed by atoms with van der Waals surface area (Å²) >= 11 is 0. The van der Waals surface area contributed by atoms with E-state index >= 15 is 0 Å². The first-order valence-corrected chi connectivity index (χ1v) is 10.3. The summed E-state index contributed by atoms with van der Waals surface area (Å²) in [6.45, 7) is 4.84. The lowest BCUT2D eigenvalue weighted by molar-refractivity contribution is 0.420. The van der Waals surface area contributed by atoms with E-state index in [0.29, 0.717) is 24.2 Å². The fourth-order valence-electron chi connectivity index (χ4n) is 4.26. The van der Waals surface area contributed by atoms with Crippen LogP contribution >= 0.6 is 0 Å². The molecule has 0 bridgehead atoms. The van der Waals surface area contributed by atoms with E-state index in [9.17, 15) is 0 Å². The summed E-state index contributed by atoms with van der Waals surface area (Å²) in [6.07, 6.45) is 3.23. The molecule has 2 aromatic heterocycles. The molecule has 0 saturated heterocycles. The molecule has 1 aliphatic rings. The molecule has 148 valence electrons. The molecule has 5 rings (SSSR count). The lowest BCUT2D eigenvalue weighted by atomic mass is 9.87. The number of nitrogens with two attached hydrogens (primary N) is 1. The SMILES string of the molecule is CC(C)c1nc2ccccc2n1Cc1noc(-c2ccc3c(c2)CCC[C@H]3N)n1. The average molecular weight is 387 g/mol. The third-order valence-corrected chi connectivity index (χ3v) is 5.72. The number of fused-ring (bicyclic) bond motifs is 2. The number of nitrogens with zero attached hydrogens (tertiary/aromatic N) is 4. The molecule has 0 spiro atoms. The molecule has 6 heteroatoms. The molecule has 29 heavy (non-hydrogen) atoms.